The smallest absolute Gasteiger partial charge is 0.226 e. The van der Waals surface area contributed by atoms with Gasteiger partial charge in [-0.05, 0) is 62.0 Å². The van der Waals surface area contributed by atoms with Crippen LogP contribution in [-0.4, -0.2) is 41.5 Å². The second-order valence-electron chi connectivity index (χ2n) is 7.69. The lowest BCUT2D eigenvalue weighted by molar-refractivity contribution is -0.138. The van der Waals surface area contributed by atoms with E-state index in [0.29, 0.717) is 19.6 Å². The van der Waals surface area contributed by atoms with Crippen LogP contribution in [0.3, 0.4) is 0 Å². The first kappa shape index (κ1) is 19.1. The van der Waals surface area contributed by atoms with Gasteiger partial charge in [-0.2, -0.15) is 0 Å². The average molecular weight is 380 g/mol. The summed E-state index contributed by atoms with van der Waals surface area (Å²) in [6.45, 7) is 3.24. The molecule has 0 radical (unpaired) electrons. The molecule has 1 amide bonds. The summed E-state index contributed by atoms with van der Waals surface area (Å²) >= 11 is 0. The van der Waals surface area contributed by atoms with Crippen LogP contribution in [0.15, 0.2) is 48.7 Å². The number of amides is 1. The van der Waals surface area contributed by atoms with Crippen molar-refractivity contribution >= 4 is 5.91 Å². The van der Waals surface area contributed by atoms with Crippen molar-refractivity contribution in [3.63, 3.8) is 0 Å². The summed E-state index contributed by atoms with van der Waals surface area (Å²) in [7, 11) is 0. The highest BCUT2D eigenvalue weighted by Crippen LogP contribution is 2.31. The van der Waals surface area contributed by atoms with Gasteiger partial charge >= 0.3 is 0 Å². The highest BCUT2D eigenvalue weighted by atomic mass is 16.5. The van der Waals surface area contributed by atoms with E-state index in [1.54, 1.807) is 6.20 Å². The lowest BCUT2D eigenvalue weighted by atomic mass is 9.95. The average Bonchev–Trinajstić information content (AvgIpc) is 3.02. The molecule has 2 atom stereocenters. The molecular weight excluding hydrogens is 350 g/mol. The first-order valence-electron chi connectivity index (χ1n) is 10.4. The van der Waals surface area contributed by atoms with Crippen LogP contribution in [0, 0.1) is 0 Å². The lowest BCUT2D eigenvalue weighted by Crippen LogP contribution is -2.41. The van der Waals surface area contributed by atoms with Crippen molar-refractivity contribution < 1.29 is 9.53 Å². The van der Waals surface area contributed by atoms with Crippen LogP contribution in [0.2, 0.25) is 0 Å². The summed E-state index contributed by atoms with van der Waals surface area (Å²) in [5, 5.41) is 3.45. The SMILES string of the molecule is O=C(CC1OCCc2ccccc21)N(Cc1ccccn1)C1CCCNCC1. The molecule has 1 fully saturated rings. The summed E-state index contributed by atoms with van der Waals surface area (Å²) < 4.78 is 6.01. The second-order valence-corrected chi connectivity index (χ2v) is 7.69. The van der Waals surface area contributed by atoms with Crippen molar-refractivity contribution in [2.75, 3.05) is 19.7 Å². The van der Waals surface area contributed by atoms with Gasteiger partial charge in [-0.25, -0.2) is 0 Å². The van der Waals surface area contributed by atoms with E-state index in [2.05, 4.69) is 33.4 Å². The van der Waals surface area contributed by atoms with Crippen molar-refractivity contribution in [2.24, 2.45) is 0 Å². The number of benzene rings is 1. The van der Waals surface area contributed by atoms with Crippen LogP contribution in [0.1, 0.15) is 48.6 Å². The van der Waals surface area contributed by atoms with Gasteiger partial charge in [0.1, 0.15) is 0 Å². The largest absolute Gasteiger partial charge is 0.373 e. The van der Waals surface area contributed by atoms with Crippen LogP contribution >= 0.6 is 0 Å². The van der Waals surface area contributed by atoms with Gasteiger partial charge in [0.15, 0.2) is 0 Å². The molecule has 5 heteroatoms. The minimum atomic E-state index is -0.146. The molecule has 148 valence electrons. The molecule has 2 aromatic rings. The molecule has 0 bridgehead atoms. The molecule has 1 N–H and O–H groups in total. The number of fused-ring (bicyclic) bond motifs is 1. The second kappa shape index (κ2) is 9.30. The van der Waals surface area contributed by atoms with Crippen molar-refractivity contribution in [3.05, 3.63) is 65.5 Å². The number of rotatable bonds is 5. The molecule has 28 heavy (non-hydrogen) atoms. The van der Waals surface area contributed by atoms with Crippen LogP contribution in [0.5, 0.6) is 0 Å². The predicted octanol–water partition coefficient (Wildman–Crippen LogP) is 3.26. The van der Waals surface area contributed by atoms with Crippen molar-refractivity contribution in [1.82, 2.24) is 15.2 Å². The fourth-order valence-electron chi connectivity index (χ4n) is 4.32. The molecule has 1 aromatic heterocycles. The first-order valence-corrected chi connectivity index (χ1v) is 10.4. The fourth-order valence-corrected chi connectivity index (χ4v) is 4.32. The van der Waals surface area contributed by atoms with Crippen molar-refractivity contribution in [2.45, 2.75) is 50.8 Å². The van der Waals surface area contributed by atoms with E-state index in [9.17, 15) is 4.79 Å². The molecular formula is C23H29N3O2. The van der Waals surface area contributed by atoms with Gasteiger partial charge in [-0.15, -0.1) is 0 Å². The maximum atomic E-state index is 13.4. The first-order chi connectivity index (χ1) is 13.8. The number of ether oxygens (including phenoxy) is 1. The molecule has 5 nitrogen and oxygen atoms in total. The predicted molar refractivity (Wildman–Crippen MR) is 109 cm³/mol. The molecule has 4 rings (SSSR count). The summed E-state index contributed by atoms with van der Waals surface area (Å²) in [6, 6.07) is 14.5. The topological polar surface area (TPSA) is 54.5 Å². The lowest BCUT2D eigenvalue weighted by Gasteiger charge is -2.33. The van der Waals surface area contributed by atoms with E-state index < -0.39 is 0 Å². The standard InChI is InChI=1S/C23H29N3O2/c27-23(16-22-21-9-2-1-6-18(21)11-15-28-22)26(17-19-7-3-4-13-25-19)20-8-5-12-24-14-10-20/h1-4,6-7,9,13,20,22,24H,5,8,10-12,14-17H2. The summed E-state index contributed by atoms with van der Waals surface area (Å²) in [5.74, 6) is 0.166. The molecule has 2 aliphatic rings. The summed E-state index contributed by atoms with van der Waals surface area (Å²) in [6.07, 6.45) is 6.09. The highest BCUT2D eigenvalue weighted by Gasteiger charge is 2.29. The van der Waals surface area contributed by atoms with Gasteiger partial charge in [-0.1, -0.05) is 30.3 Å². The van der Waals surface area contributed by atoms with Crippen LogP contribution in [0.4, 0.5) is 0 Å². The number of carbonyl (C=O) groups excluding carboxylic acids is 1. The Kier molecular flexibility index (Phi) is 6.34. The molecule has 1 saturated heterocycles. The minimum absolute atomic E-state index is 0.146. The fraction of sp³-hybridized carbons (Fsp3) is 0.478. The third-order valence-corrected chi connectivity index (χ3v) is 5.82. The van der Waals surface area contributed by atoms with Gasteiger partial charge in [-0.3, -0.25) is 9.78 Å². The number of nitrogens with one attached hydrogen (secondary N) is 1. The molecule has 3 heterocycles. The molecule has 1 aromatic carbocycles. The van der Waals surface area contributed by atoms with Gasteiger partial charge in [0, 0.05) is 12.2 Å². The molecule has 2 unspecified atom stereocenters. The van der Waals surface area contributed by atoms with E-state index in [1.165, 1.54) is 11.1 Å². The normalized spacial score (nSPS) is 22.1. The minimum Gasteiger partial charge on any atom is -0.373 e. The zero-order valence-corrected chi connectivity index (χ0v) is 16.3. The van der Waals surface area contributed by atoms with Crippen LogP contribution in [-0.2, 0) is 22.5 Å². The number of hydrogen-bond acceptors (Lipinski definition) is 4. The van der Waals surface area contributed by atoms with Gasteiger partial charge in [0.2, 0.25) is 5.91 Å². The zero-order valence-electron chi connectivity index (χ0n) is 16.3. The molecule has 2 aliphatic heterocycles. The zero-order chi connectivity index (χ0) is 19.2. The third-order valence-electron chi connectivity index (χ3n) is 5.82. The van der Waals surface area contributed by atoms with Crippen LogP contribution in [0.25, 0.3) is 0 Å². The van der Waals surface area contributed by atoms with Gasteiger partial charge in [0.25, 0.3) is 0 Å². The summed E-state index contributed by atoms with van der Waals surface area (Å²) in [5.41, 5.74) is 3.42. The number of aromatic nitrogens is 1. The maximum absolute atomic E-state index is 13.4. The Morgan fingerprint density at radius 2 is 2.04 bits per heavy atom. The van der Waals surface area contributed by atoms with Crippen molar-refractivity contribution in [1.29, 1.82) is 0 Å². The number of pyridine rings is 1. The number of hydrogen-bond donors (Lipinski definition) is 1. The Hall–Kier alpha value is -2.24. The highest BCUT2D eigenvalue weighted by molar-refractivity contribution is 5.77. The monoisotopic (exact) mass is 379 g/mol. The number of carbonyl (C=O) groups is 1. The van der Waals surface area contributed by atoms with Crippen molar-refractivity contribution in [3.8, 4) is 0 Å². The quantitative estimate of drug-likeness (QED) is 0.866. The van der Waals surface area contributed by atoms with E-state index in [1.807, 2.05) is 24.3 Å². The number of nitrogens with zero attached hydrogens (tertiary/aromatic N) is 2. The Labute approximate surface area is 167 Å². The Balaban J connectivity index is 1.53. The Bertz CT molecular complexity index is 772. The van der Waals surface area contributed by atoms with E-state index in [4.69, 9.17) is 4.74 Å². The Morgan fingerprint density at radius 3 is 2.93 bits per heavy atom. The molecule has 0 saturated carbocycles. The van der Waals surface area contributed by atoms with Gasteiger partial charge < -0.3 is 15.0 Å². The van der Waals surface area contributed by atoms with Crippen LogP contribution < -0.4 is 5.32 Å². The molecule has 0 spiro atoms. The third kappa shape index (κ3) is 4.59. The van der Waals surface area contributed by atoms with E-state index in [-0.39, 0.29) is 18.1 Å². The molecule has 0 aliphatic carbocycles. The van der Waals surface area contributed by atoms with E-state index >= 15 is 0 Å². The summed E-state index contributed by atoms with van der Waals surface area (Å²) in [4.78, 5) is 19.9. The van der Waals surface area contributed by atoms with E-state index in [0.717, 1.165) is 44.5 Å². The Morgan fingerprint density at radius 1 is 1.14 bits per heavy atom. The maximum Gasteiger partial charge on any atom is 0.226 e. The van der Waals surface area contributed by atoms with Gasteiger partial charge in [0.05, 0.1) is 31.4 Å².